The van der Waals surface area contributed by atoms with Crippen LogP contribution in [0, 0.1) is 0 Å². The minimum absolute atomic E-state index is 0. The van der Waals surface area contributed by atoms with Gasteiger partial charge in [-0.05, 0) is 36.1 Å². The number of rotatable bonds is 3. The van der Waals surface area contributed by atoms with Gasteiger partial charge >= 0.3 is 0 Å². The molecule has 4 nitrogen and oxygen atoms in total. The highest BCUT2D eigenvalue weighted by Gasteiger charge is 1.90. The fourth-order valence-corrected chi connectivity index (χ4v) is 1.01. The smallest absolute Gasteiger partial charge is 0.180 e. The van der Waals surface area contributed by atoms with Crippen molar-refractivity contribution in [1.29, 1.82) is 0 Å². The number of nitrogens with zero attached hydrogens (tertiary/aromatic N) is 2. The van der Waals surface area contributed by atoms with E-state index in [4.69, 9.17) is 10.5 Å². The zero-order chi connectivity index (χ0) is 11.1. The molecular weight excluding hydrogens is 337 g/mol. The summed E-state index contributed by atoms with van der Waals surface area (Å²) in [5.41, 5.74) is 6.41. The average molecular weight is 351 g/mol. The van der Waals surface area contributed by atoms with Crippen LogP contribution in [0.15, 0.2) is 34.5 Å². The molecule has 0 aliphatic carbocycles. The highest BCUT2D eigenvalue weighted by Crippen LogP contribution is 2.09. The third-order valence-electron chi connectivity index (χ3n) is 1.69. The van der Waals surface area contributed by atoms with Gasteiger partial charge in [-0.15, -0.1) is 29.1 Å². The largest absolute Gasteiger partial charge is 0.497 e. The van der Waals surface area contributed by atoms with Gasteiger partial charge in [-0.25, -0.2) is 0 Å². The van der Waals surface area contributed by atoms with Gasteiger partial charge in [-0.3, -0.25) is 0 Å². The van der Waals surface area contributed by atoms with Crippen molar-refractivity contribution in [2.75, 3.05) is 13.4 Å². The van der Waals surface area contributed by atoms with Gasteiger partial charge in [-0.1, -0.05) is 11.8 Å². The lowest BCUT2D eigenvalue weighted by Gasteiger charge is -1.97. The summed E-state index contributed by atoms with van der Waals surface area (Å²) in [6.45, 7) is 0. The van der Waals surface area contributed by atoms with Crippen molar-refractivity contribution in [2.45, 2.75) is 0 Å². The summed E-state index contributed by atoms with van der Waals surface area (Å²) in [6.07, 6.45) is 3.49. The third-order valence-corrected chi connectivity index (χ3v) is 2.19. The van der Waals surface area contributed by atoms with Crippen LogP contribution in [0.5, 0.6) is 5.75 Å². The summed E-state index contributed by atoms with van der Waals surface area (Å²) in [6, 6.07) is 7.52. The van der Waals surface area contributed by atoms with Gasteiger partial charge in [0.15, 0.2) is 5.17 Å². The van der Waals surface area contributed by atoms with Crippen molar-refractivity contribution in [3.8, 4) is 5.75 Å². The Balaban J connectivity index is 0.00000225. The van der Waals surface area contributed by atoms with Crippen LogP contribution in [0.4, 0.5) is 0 Å². The van der Waals surface area contributed by atoms with Gasteiger partial charge in [0.25, 0.3) is 0 Å². The zero-order valence-corrected chi connectivity index (χ0v) is 12.2. The molecule has 0 aromatic heterocycles. The monoisotopic (exact) mass is 351 g/mol. The molecule has 88 valence electrons. The summed E-state index contributed by atoms with van der Waals surface area (Å²) in [4.78, 5) is 0. The van der Waals surface area contributed by atoms with Crippen LogP contribution in [0.1, 0.15) is 5.56 Å². The number of nitrogens with two attached hydrogens (primary N) is 1. The lowest BCUT2D eigenvalue weighted by Crippen LogP contribution is -2.03. The molecule has 0 unspecified atom stereocenters. The molecule has 0 saturated heterocycles. The topological polar surface area (TPSA) is 60.0 Å². The molecule has 0 fully saturated rings. The molecular formula is C10H14IN3OS. The Hall–Kier alpha value is -0.760. The van der Waals surface area contributed by atoms with Crippen molar-refractivity contribution >= 4 is 47.1 Å². The van der Waals surface area contributed by atoms with E-state index in [0.717, 1.165) is 11.3 Å². The van der Waals surface area contributed by atoms with E-state index in [-0.39, 0.29) is 24.0 Å². The Bertz CT molecular complexity index is 365. The Morgan fingerprint density at radius 2 is 2.00 bits per heavy atom. The molecule has 0 bridgehead atoms. The molecule has 16 heavy (non-hydrogen) atoms. The number of amidine groups is 1. The number of halogens is 1. The van der Waals surface area contributed by atoms with Crippen molar-refractivity contribution in [3.63, 3.8) is 0 Å². The van der Waals surface area contributed by atoms with E-state index in [2.05, 4.69) is 10.2 Å². The molecule has 6 heteroatoms. The van der Waals surface area contributed by atoms with Crippen LogP contribution >= 0.6 is 35.7 Å². The van der Waals surface area contributed by atoms with Crippen LogP contribution in [0.3, 0.4) is 0 Å². The Kier molecular flexibility index (Phi) is 8.00. The molecule has 0 radical (unpaired) electrons. The maximum absolute atomic E-state index is 5.46. The van der Waals surface area contributed by atoms with E-state index < -0.39 is 0 Å². The second-order valence-electron chi connectivity index (χ2n) is 2.66. The zero-order valence-electron chi connectivity index (χ0n) is 9.08. The first-order valence-electron chi connectivity index (χ1n) is 4.31. The molecule has 2 N–H and O–H groups in total. The Morgan fingerprint density at radius 3 is 2.50 bits per heavy atom. The second kappa shape index (κ2) is 8.40. The van der Waals surface area contributed by atoms with E-state index in [9.17, 15) is 0 Å². The van der Waals surface area contributed by atoms with Gasteiger partial charge in [0.1, 0.15) is 5.75 Å². The molecule has 1 aromatic carbocycles. The standard InChI is InChI=1S/C10H13N3OS.HI/c1-14-9-5-3-8(4-6-9)7-12-13-10(11)15-2;/h3-7H,1-2H3,(H2,11,13);1H/b12-7+;. The van der Waals surface area contributed by atoms with Crippen LogP contribution in [-0.2, 0) is 0 Å². The van der Waals surface area contributed by atoms with Crippen molar-refractivity contribution in [1.82, 2.24) is 0 Å². The first-order valence-corrected chi connectivity index (χ1v) is 5.53. The number of ether oxygens (including phenoxy) is 1. The summed E-state index contributed by atoms with van der Waals surface area (Å²) < 4.78 is 5.03. The predicted molar refractivity (Wildman–Crippen MR) is 81.1 cm³/mol. The van der Waals surface area contributed by atoms with Gasteiger partial charge in [0, 0.05) is 0 Å². The minimum atomic E-state index is 0. The molecule has 0 spiro atoms. The highest BCUT2D eigenvalue weighted by atomic mass is 127. The van der Waals surface area contributed by atoms with E-state index in [1.807, 2.05) is 30.5 Å². The number of benzene rings is 1. The van der Waals surface area contributed by atoms with Crippen molar-refractivity contribution in [2.24, 2.45) is 15.9 Å². The maximum Gasteiger partial charge on any atom is 0.180 e. The van der Waals surface area contributed by atoms with Crippen LogP contribution < -0.4 is 10.5 Å². The summed E-state index contributed by atoms with van der Waals surface area (Å²) in [5.74, 6) is 0.819. The first kappa shape index (κ1) is 15.2. The lowest BCUT2D eigenvalue weighted by molar-refractivity contribution is 0.415. The van der Waals surface area contributed by atoms with Gasteiger partial charge in [0.05, 0.1) is 13.3 Å². The molecule has 0 aliphatic rings. The summed E-state index contributed by atoms with van der Waals surface area (Å²) >= 11 is 1.36. The van der Waals surface area contributed by atoms with Crippen molar-refractivity contribution < 1.29 is 4.74 Å². The van der Waals surface area contributed by atoms with Gasteiger partial charge in [0.2, 0.25) is 0 Å². The summed E-state index contributed by atoms with van der Waals surface area (Å²) in [7, 11) is 1.63. The molecule has 0 aliphatic heterocycles. The average Bonchev–Trinajstić information content (AvgIpc) is 2.29. The number of methoxy groups -OCH3 is 1. The molecule has 1 rings (SSSR count). The molecule has 1 aromatic rings. The SMILES string of the molecule is COc1ccc(/C=N/N=C(/N)SC)cc1.I. The number of thioether (sulfide) groups is 1. The molecule has 0 atom stereocenters. The Labute approximate surface area is 116 Å². The third kappa shape index (κ3) is 5.36. The van der Waals surface area contributed by atoms with E-state index >= 15 is 0 Å². The van der Waals surface area contributed by atoms with E-state index in [0.29, 0.717) is 5.17 Å². The quantitative estimate of drug-likeness (QED) is 0.394. The fraction of sp³-hybridized carbons (Fsp3) is 0.200. The first-order chi connectivity index (χ1) is 7.26. The molecule has 0 heterocycles. The van der Waals surface area contributed by atoms with E-state index in [1.165, 1.54) is 11.8 Å². The van der Waals surface area contributed by atoms with Gasteiger partial charge in [-0.2, -0.15) is 5.10 Å². The summed E-state index contributed by atoms with van der Waals surface area (Å²) in [5, 5.41) is 8.06. The predicted octanol–water partition coefficient (Wildman–Crippen LogP) is 2.32. The highest BCUT2D eigenvalue weighted by molar-refractivity contribution is 14.0. The van der Waals surface area contributed by atoms with Crippen molar-refractivity contribution in [3.05, 3.63) is 29.8 Å². The van der Waals surface area contributed by atoms with E-state index in [1.54, 1.807) is 13.3 Å². The van der Waals surface area contributed by atoms with Crippen LogP contribution in [0.2, 0.25) is 0 Å². The van der Waals surface area contributed by atoms with Gasteiger partial charge < -0.3 is 10.5 Å². The fourth-order valence-electron chi connectivity index (χ4n) is 0.883. The number of hydrogen-bond acceptors (Lipinski definition) is 4. The Morgan fingerprint density at radius 1 is 1.38 bits per heavy atom. The number of hydrogen-bond donors (Lipinski definition) is 1. The molecule has 0 saturated carbocycles. The molecule has 0 amide bonds. The normalized spacial score (nSPS) is 11.2. The van der Waals surface area contributed by atoms with Crippen LogP contribution in [0.25, 0.3) is 0 Å². The lowest BCUT2D eigenvalue weighted by atomic mass is 10.2. The second-order valence-corrected chi connectivity index (χ2v) is 3.49. The minimum Gasteiger partial charge on any atom is -0.497 e. The maximum atomic E-state index is 5.46. The van der Waals surface area contributed by atoms with Crippen LogP contribution in [-0.4, -0.2) is 24.7 Å².